The molecule has 0 fully saturated rings. The van der Waals surface area contributed by atoms with Gasteiger partial charge in [-0.25, -0.2) is 0 Å². The molecule has 0 amide bonds. The minimum atomic E-state index is -0.00405. The minimum absolute atomic E-state index is 0.00405. The molecule has 0 heterocycles. The molecule has 0 radical (unpaired) electrons. The summed E-state index contributed by atoms with van der Waals surface area (Å²) in [7, 11) is 1.66. The highest BCUT2D eigenvalue weighted by Crippen LogP contribution is 2.31. The van der Waals surface area contributed by atoms with E-state index in [1.54, 1.807) is 32.2 Å². The Hall–Kier alpha value is -3.59. The van der Waals surface area contributed by atoms with Gasteiger partial charge in [0.25, 0.3) is 0 Å². The van der Waals surface area contributed by atoms with Crippen LogP contribution in [0.25, 0.3) is 27.1 Å². The smallest absolute Gasteiger partial charge is 0.153 e. The number of ketones is 1. The number of fused-ring (bicyclic) bond motifs is 2. The molecule has 0 saturated heterocycles. The van der Waals surface area contributed by atoms with Crippen molar-refractivity contribution < 1.29 is 14.6 Å². The van der Waals surface area contributed by atoms with Crippen LogP contribution in [0.1, 0.15) is 18.1 Å². The average molecular weight is 368 g/mol. The number of phenols is 1. The molecule has 0 aliphatic heterocycles. The van der Waals surface area contributed by atoms with E-state index in [1.807, 2.05) is 54.6 Å². The van der Waals surface area contributed by atoms with Gasteiger partial charge in [-0.2, -0.15) is 0 Å². The van der Waals surface area contributed by atoms with Crippen LogP contribution in [0.3, 0.4) is 0 Å². The number of ether oxygens (including phenoxy) is 1. The summed E-state index contributed by atoms with van der Waals surface area (Å²) in [5.74, 6) is 1.05. The summed E-state index contributed by atoms with van der Waals surface area (Å²) in [5, 5.41) is 13.8. The van der Waals surface area contributed by atoms with Gasteiger partial charge in [-0.05, 0) is 87.6 Å². The van der Waals surface area contributed by atoms with Gasteiger partial charge in [-0.15, -0.1) is 0 Å². The standard InChI is InChI=1S/C25H20O3/c1-16(26)11-25(21-5-3-19-14-23(27)9-7-17(19)12-21)22-6-4-20-15-24(28-2)10-8-18(20)13-22/h3-15,27H,1-2H3/b25-11+. The molecule has 4 aromatic carbocycles. The highest BCUT2D eigenvalue weighted by molar-refractivity contribution is 6.02. The number of allylic oxidation sites excluding steroid dienone is 1. The van der Waals surface area contributed by atoms with Crippen molar-refractivity contribution in [2.24, 2.45) is 0 Å². The number of carbonyl (C=O) groups excluding carboxylic acids is 1. The summed E-state index contributed by atoms with van der Waals surface area (Å²) < 4.78 is 5.30. The molecule has 1 N–H and O–H groups in total. The van der Waals surface area contributed by atoms with E-state index in [9.17, 15) is 9.90 Å². The lowest BCUT2D eigenvalue weighted by Gasteiger charge is -2.11. The van der Waals surface area contributed by atoms with E-state index in [-0.39, 0.29) is 11.5 Å². The molecule has 0 aliphatic carbocycles. The predicted molar refractivity (Wildman–Crippen MR) is 114 cm³/mol. The molecule has 0 spiro atoms. The summed E-state index contributed by atoms with van der Waals surface area (Å²) in [5.41, 5.74) is 2.81. The van der Waals surface area contributed by atoms with Crippen LogP contribution < -0.4 is 4.74 Å². The van der Waals surface area contributed by atoms with Gasteiger partial charge >= 0.3 is 0 Å². The second-order valence-electron chi connectivity index (χ2n) is 6.84. The molecule has 3 heteroatoms. The van der Waals surface area contributed by atoms with E-state index >= 15 is 0 Å². The fraction of sp³-hybridized carbons (Fsp3) is 0.0800. The SMILES string of the molecule is COc1ccc2cc(/C(=C/C(C)=O)c3ccc4cc(O)ccc4c3)ccc2c1. The highest BCUT2D eigenvalue weighted by atomic mass is 16.5. The molecular weight excluding hydrogens is 348 g/mol. The van der Waals surface area contributed by atoms with Crippen molar-refractivity contribution in [2.45, 2.75) is 6.92 Å². The van der Waals surface area contributed by atoms with Crippen molar-refractivity contribution >= 4 is 32.9 Å². The van der Waals surface area contributed by atoms with Crippen LogP contribution in [0, 0.1) is 0 Å². The van der Waals surface area contributed by atoms with Gasteiger partial charge in [0.15, 0.2) is 5.78 Å². The molecule has 28 heavy (non-hydrogen) atoms. The Morgan fingerprint density at radius 3 is 1.93 bits per heavy atom. The lowest BCUT2D eigenvalue weighted by Crippen LogP contribution is -1.93. The molecule has 0 unspecified atom stereocenters. The molecule has 138 valence electrons. The maximum atomic E-state index is 11.9. The van der Waals surface area contributed by atoms with E-state index in [4.69, 9.17) is 4.74 Å². The third-order valence-electron chi connectivity index (χ3n) is 4.84. The van der Waals surface area contributed by atoms with Crippen molar-refractivity contribution in [2.75, 3.05) is 7.11 Å². The van der Waals surface area contributed by atoms with Gasteiger partial charge in [0.05, 0.1) is 7.11 Å². The number of methoxy groups -OCH3 is 1. The first kappa shape index (κ1) is 17.8. The van der Waals surface area contributed by atoms with Crippen molar-refractivity contribution in [3.63, 3.8) is 0 Å². The first-order chi connectivity index (χ1) is 13.5. The molecule has 0 aliphatic rings. The van der Waals surface area contributed by atoms with E-state index in [2.05, 4.69) is 6.07 Å². The average Bonchev–Trinajstić information content (AvgIpc) is 2.70. The lowest BCUT2D eigenvalue weighted by molar-refractivity contribution is -0.112. The summed E-state index contributed by atoms with van der Waals surface area (Å²) in [4.78, 5) is 11.9. The van der Waals surface area contributed by atoms with Crippen LogP contribution >= 0.6 is 0 Å². The summed E-state index contributed by atoms with van der Waals surface area (Å²) in [6.45, 7) is 1.56. The first-order valence-electron chi connectivity index (χ1n) is 9.07. The fourth-order valence-corrected chi connectivity index (χ4v) is 3.46. The Kier molecular flexibility index (Phi) is 4.58. The van der Waals surface area contributed by atoms with Gasteiger partial charge < -0.3 is 9.84 Å². The Morgan fingerprint density at radius 2 is 1.32 bits per heavy atom. The van der Waals surface area contributed by atoms with Gasteiger partial charge in [0, 0.05) is 0 Å². The Morgan fingerprint density at radius 1 is 0.786 bits per heavy atom. The maximum absolute atomic E-state index is 11.9. The largest absolute Gasteiger partial charge is 0.508 e. The van der Waals surface area contributed by atoms with E-state index < -0.39 is 0 Å². The van der Waals surface area contributed by atoms with Crippen molar-refractivity contribution in [3.05, 3.63) is 90.0 Å². The number of aromatic hydroxyl groups is 1. The van der Waals surface area contributed by atoms with Crippen LogP contribution in [0.2, 0.25) is 0 Å². The molecule has 4 aromatic rings. The molecule has 0 bridgehead atoms. The second-order valence-corrected chi connectivity index (χ2v) is 6.84. The van der Waals surface area contributed by atoms with Crippen LogP contribution in [0.15, 0.2) is 78.9 Å². The molecule has 0 aromatic heterocycles. The third-order valence-corrected chi connectivity index (χ3v) is 4.84. The molecule has 0 atom stereocenters. The number of carbonyl (C=O) groups is 1. The maximum Gasteiger partial charge on any atom is 0.153 e. The number of benzene rings is 4. The highest BCUT2D eigenvalue weighted by Gasteiger charge is 2.09. The number of phenolic OH excluding ortho intramolecular Hbond substituents is 1. The minimum Gasteiger partial charge on any atom is -0.508 e. The third kappa shape index (κ3) is 3.47. The predicted octanol–water partition coefficient (Wildman–Crippen LogP) is 5.73. The summed E-state index contributed by atoms with van der Waals surface area (Å²) in [6, 6.07) is 23.4. The zero-order chi connectivity index (χ0) is 19.7. The molecule has 3 nitrogen and oxygen atoms in total. The Bertz CT molecular complexity index is 1240. The molecule has 4 rings (SSSR count). The van der Waals surface area contributed by atoms with Crippen LogP contribution in [0.4, 0.5) is 0 Å². The van der Waals surface area contributed by atoms with E-state index in [0.29, 0.717) is 0 Å². The number of hydrogen-bond acceptors (Lipinski definition) is 3. The monoisotopic (exact) mass is 368 g/mol. The number of hydrogen-bond donors (Lipinski definition) is 1. The molecular formula is C25H20O3. The second kappa shape index (κ2) is 7.20. The van der Waals surface area contributed by atoms with Gasteiger partial charge in [0.2, 0.25) is 0 Å². The normalized spacial score (nSPS) is 11.7. The zero-order valence-electron chi connectivity index (χ0n) is 15.8. The van der Waals surface area contributed by atoms with Crippen molar-refractivity contribution in [3.8, 4) is 11.5 Å². The van der Waals surface area contributed by atoms with Crippen molar-refractivity contribution in [1.29, 1.82) is 0 Å². The van der Waals surface area contributed by atoms with Crippen LogP contribution in [-0.4, -0.2) is 18.0 Å². The summed E-state index contributed by atoms with van der Waals surface area (Å²) >= 11 is 0. The van der Waals surface area contributed by atoms with E-state index in [0.717, 1.165) is 44.0 Å². The Labute approximate surface area is 163 Å². The summed E-state index contributed by atoms with van der Waals surface area (Å²) in [6.07, 6.45) is 1.67. The Balaban J connectivity index is 1.86. The van der Waals surface area contributed by atoms with E-state index in [1.165, 1.54) is 0 Å². The van der Waals surface area contributed by atoms with Gasteiger partial charge in [0.1, 0.15) is 11.5 Å². The van der Waals surface area contributed by atoms with Crippen LogP contribution in [-0.2, 0) is 4.79 Å². The number of rotatable bonds is 4. The molecule has 0 saturated carbocycles. The lowest BCUT2D eigenvalue weighted by atomic mass is 9.93. The van der Waals surface area contributed by atoms with Crippen LogP contribution in [0.5, 0.6) is 11.5 Å². The van der Waals surface area contributed by atoms with Gasteiger partial charge in [-0.3, -0.25) is 4.79 Å². The quantitative estimate of drug-likeness (QED) is 0.468. The zero-order valence-corrected chi connectivity index (χ0v) is 15.8. The van der Waals surface area contributed by atoms with Crippen molar-refractivity contribution in [1.82, 2.24) is 0 Å². The first-order valence-corrected chi connectivity index (χ1v) is 9.07. The van der Waals surface area contributed by atoms with Gasteiger partial charge in [-0.1, -0.05) is 36.4 Å². The fourth-order valence-electron chi connectivity index (χ4n) is 3.46. The topological polar surface area (TPSA) is 46.5 Å².